The minimum atomic E-state index is -0.174. The van der Waals surface area contributed by atoms with Crippen molar-refractivity contribution in [1.82, 2.24) is 10.6 Å². The lowest BCUT2D eigenvalue weighted by Crippen LogP contribution is -2.45. The van der Waals surface area contributed by atoms with Gasteiger partial charge in [-0.2, -0.15) is 0 Å². The van der Waals surface area contributed by atoms with Crippen molar-refractivity contribution in [3.8, 4) is 0 Å². The van der Waals surface area contributed by atoms with Gasteiger partial charge in [0.2, 0.25) is 0 Å². The van der Waals surface area contributed by atoms with E-state index >= 15 is 0 Å². The van der Waals surface area contributed by atoms with Crippen molar-refractivity contribution in [2.45, 2.75) is 31.1 Å². The van der Waals surface area contributed by atoms with E-state index in [1.807, 2.05) is 12.3 Å². The van der Waals surface area contributed by atoms with E-state index in [0.29, 0.717) is 0 Å². The van der Waals surface area contributed by atoms with E-state index in [0.717, 1.165) is 30.7 Å². The molecule has 2 aromatic carbocycles. The molecule has 44 heavy (non-hydrogen) atoms. The zero-order valence-electron chi connectivity index (χ0n) is 24.7. The molecule has 2 aromatic rings. The summed E-state index contributed by atoms with van der Waals surface area (Å²) in [5.74, 6) is 0.566. The van der Waals surface area contributed by atoms with E-state index in [9.17, 15) is 0 Å². The summed E-state index contributed by atoms with van der Waals surface area (Å²) < 4.78 is 0. The summed E-state index contributed by atoms with van der Waals surface area (Å²) in [5.41, 5.74) is 11.1. The number of allylic oxidation sites excluding steroid dienone is 12. The summed E-state index contributed by atoms with van der Waals surface area (Å²) in [7, 11) is 0. The first-order chi connectivity index (χ1) is 21.8. The molecule has 2 N–H and O–H groups in total. The van der Waals surface area contributed by atoms with Crippen LogP contribution in [0.15, 0.2) is 166 Å². The van der Waals surface area contributed by atoms with E-state index in [1.54, 1.807) is 0 Å². The fourth-order valence-electron chi connectivity index (χ4n) is 7.21. The van der Waals surface area contributed by atoms with E-state index in [2.05, 4.69) is 138 Å². The molecular formula is C40H36N4. The highest BCUT2D eigenvalue weighted by Crippen LogP contribution is 2.39. The van der Waals surface area contributed by atoms with Crippen molar-refractivity contribution in [1.29, 1.82) is 0 Å². The topological polar surface area (TPSA) is 48.8 Å². The van der Waals surface area contributed by atoms with Gasteiger partial charge in [-0.15, -0.1) is 0 Å². The van der Waals surface area contributed by atoms with E-state index in [1.165, 1.54) is 39.1 Å². The first kappa shape index (κ1) is 26.8. The Bertz CT molecular complexity index is 1790. The van der Waals surface area contributed by atoms with Gasteiger partial charge in [0, 0.05) is 41.4 Å². The van der Waals surface area contributed by atoms with Crippen LogP contribution < -0.4 is 10.6 Å². The maximum absolute atomic E-state index is 5.46. The lowest BCUT2D eigenvalue weighted by Gasteiger charge is -2.36. The normalized spacial score (nSPS) is 28.4. The molecule has 3 aliphatic heterocycles. The Morgan fingerprint density at radius 3 is 2.30 bits per heavy atom. The molecule has 5 atom stereocenters. The van der Waals surface area contributed by atoms with Crippen LogP contribution in [-0.4, -0.2) is 30.6 Å². The predicted octanol–water partition coefficient (Wildman–Crippen LogP) is 7.53. The van der Waals surface area contributed by atoms with Crippen LogP contribution >= 0.6 is 0 Å². The van der Waals surface area contributed by atoms with Crippen molar-refractivity contribution in [3.63, 3.8) is 0 Å². The lowest BCUT2D eigenvalue weighted by molar-refractivity contribution is 0.537. The number of nitrogens with one attached hydrogen (secondary N) is 2. The molecule has 0 spiro atoms. The molecule has 216 valence electrons. The van der Waals surface area contributed by atoms with Crippen LogP contribution in [-0.2, 0) is 0 Å². The average Bonchev–Trinajstić information content (AvgIpc) is 3.12. The molecule has 0 amide bonds. The largest absolute Gasteiger partial charge is 0.363 e. The summed E-state index contributed by atoms with van der Waals surface area (Å²) >= 11 is 0. The quantitative estimate of drug-likeness (QED) is 0.389. The van der Waals surface area contributed by atoms with Gasteiger partial charge >= 0.3 is 0 Å². The molecule has 0 saturated heterocycles. The highest BCUT2D eigenvalue weighted by molar-refractivity contribution is 6.14. The van der Waals surface area contributed by atoms with Gasteiger partial charge in [-0.25, -0.2) is 0 Å². The fourth-order valence-corrected chi connectivity index (χ4v) is 7.21. The smallest absolute Gasteiger partial charge is 0.145 e. The lowest BCUT2D eigenvalue weighted by atomic mass is 9.79. The summed E-state index contributed by atoms with van der Waals surface area (Å²) in [6.07, 6.45) is 32.7. The molecule has 0 fully saturated rings. The summed E-state index contributed by atoms with van der Waals surface area (Å²) in [6, 6.07) is 20.1. The fraction of sp³-hybridized carbons (Fsp3) is 0.200. The van der Waals surface area contributed by atoms with E-state index in [-0.39, 0.29) is 30.1 Å². The second kappa shape index (κ2) is 11.7. The van der Waals surface area contributed by atoms with E-state index < -0.39 is 0 Å². The van der Waals surface area contributed by atoms with Gasteiger partial charge in [0.1, 0.15) is 6.17 Å². The minimum Gasteiger partial charge on any atom is -0.363 e. The summed E-state index contributed by atoms with van der Waals surface area (Å²) in [5, 5.41) is 7.63. The van der Waals surface area contributed by atoms with Gasteiger partial charge in [-0.1, -0.05) is 121 Å². The molecule has 0 aromatic heterocycles. The van der Waals surface area contributed by atoms with Crippen molar-refractivity contribution < 1.29 is 0 Å². The number of aliphatic imine (C=N–C) groups is 2. The maximum Gasteiger partial charge on any atom is 0.145 e. The molecule has 4 nitrogen and oxygen atoms in total. The molecule has 0 saturated carbocycles. The van der Waals surface area contributed by atoms with Crippen molar-refractivity contribution in [2.75, 3.05) is 6.54 Å². The van der Waals surface area contributed by atoms with Gasteiger partial charge in [-0.05, 0) is 52.8 Å². The zero-order chi connectivity index (χ0) is 29.3. The standard InChI is InChI=1S/C40H36N4/c1-4-12-28(13-5-1)35-36(29-14-6-2-7-15-29)43-40(44-37(35)30-16-8-3-9-17-30)31-22-20-27(21-23-31)34-26-32-18-10-24-41-38(32)39-33(34)19-11-25-42-39/h1-12,14-16,18-24,26,28,30,38-40,42,44H,13,17,25H2. The van der Waals surface area contributed by atoms with Gasteiger partial charge in [0.15, 0.2) is 0 Å². The monoisotopic (exact) mass is 572 g/mol. The number of hydrogen-bond acceptors (Lipinski definition) is 4. The first-order valence-electron chi connectivity index (χ1n) is 15.8. The number of hydrogen-bond donors (Lipinski definition) is 2. The van der Waals surface area contributed by atoms with Gasteiger partial charge in [0.25, 0.3) is 0 Å². The van der Waals surface area contributed by atoms with Gasteiger partial charge < -0.3 is 10.6 Å². The molecule has 8 rings (SSSR count). The highest BCUT2D eigenvalue weighted by atomic mass is 15.1. The van der Waals surface area contributed by atoms with Crippen LogP contribution in [0, 0.1) is 11.8 Å². The van der Waals surface area contributed by atoms with Gasteiger partial charge in [0.05, 0.1) is 17.8 Å². The molecule has 5 unspecified atom stereocenters. The Labute approximate surface area is 259 Å². The van der Waals surface area contributed by atoms with Crippen LogP contribution in [0.5, 0.6) is 0 Å². The summed E-state index contributed by atoms with van der Waals surface area (Å²) in [4.78, 5) is 10.3. The van der Waals surface area contributed by atoms with Crippen LogP contribution in [0.4, 0.5) is 0 Å². The second-order valence-corrected chi connectivity index (χ2v) is 12.1. The molecular weight excluding hydrogens is 536 g/mol. The molecule has 3 heterocycles. The molecule has 4 heteroatoms. The first-order valence-corrected chi connectivity index (χ1v) is 15.8. The number of benzene rings is 2. The van der Waals surface area contributed by atoms with Crippen LogP contribution in [0.1, 0.15) is 35.7 Å². The Morgan fingerprint density at radius 2 is 1.52 bits per heavy atom. The number of nitrogens with zero attached hydrogens (tertiary/aromatic N) is 2. The molecule has 0 bridgehead atoms. The van der Waals surface area contributed by atoms with Crippen LogP contribution in [0.25, 0.3) is 5.57 Å². The van der Waals surface area contributed by atoms with Crippen molar-refractivity contribution in [2.24, 2.45) is 21.8 Å². The second-order valence-electron chi connectivity index (χ2n) is 12.1. The predicted molar refractivity (Wildman–Crippen MR) is 182 cm³/mol. The Hall–Kier alpha value is -4.80. The van der Waals surface area contributed by atoms with Crippen LogP contribution in [0.3, 0.4) is 0 Å². The Morgan fingerprint density at radius 1 is 0.727 bits per heavy atom. The van der Waals surface area contributed by atoms with Crippen molar-refractivity contribution in [3.05, 3.63) is 173 Å². The maximum atomic E-state index is 5.46. The SMILES string of the molecule is C1=CCC(C2=C(C3C=CC=CC3)C(c3ccccc3)=NC(c3ccc(C4=C5C=CCNC5C5N=CC=CC5=C4)cc3)N2)C=C1. The third-order valence-corrected chi connectivity index (χ3v) is 9.37. The molecule has 0 radical (unpaired) electrons. The van der Waals surface area contributed by atoms with Gasteiger partial charge in [-0.3, -0.25) is 9.98 Å². The zero-order valence-corrected chi connectivity index (χ0v) is 24.7. The van der Waals surface area contributed by atoms with Crippen molar-refractivity contribution >= 4 is 17.5 Å². The summed E-state index contributed by atoms with van der Waals surface area (Å²) in [6.45, 7) is 0.870. The Balaban J connectivity index is 1.19. The molecule has 3 aliphatic carbocycles. The van der Waals surface area contributed by atoms with E-state index in [4.69, 9.17) is 9.98 Å². The third kappa shape index (κ3) is 4.95. The minimum absolute atomic E-state index is 0.137. The number of dihydropyridines is 1. The Kier molecular flexibility index (Phi) is 7.13. The third-order valence-electron chi connectivity index (χ3n) is 9.37. The average molecular weight is 573 g/mol. The van der Waals surface area contributed by atoms with Crippen LogP contribution in [0.2, 0.25) is 0 Å². The highest BCUT2D eigenvalue weighted by Gasteiger charge is 2.34. The molecule has 6 aliphatic rings. The number of rotatable bonds is 5. The number of fused-ring (bicyclic) bond motifs is 3.